The van der Waals surface area contributed by atoms with E-state index in [9.17, 15) is 0 Å². The number of allylic oxidation sites excluding steroid dienone is 1. The van der Waals surface area contributed by atoms with Gasteiger partial charge >= 0.3 is 0 Å². The van der Waals surface area contributed by atoms with Crippen LogP contribution in [-0.4, -0.2) is 6.21 Å². The molecule has 2 heteroatoms. The van der Waals surface area contributed by atoms with Crippen LogP contribution in [-0.2, 0) is 0 Å². The zero-order valence-corrected chi connectivity index (χ0v) is 7.35. The summed E-state index contributed by atoms with van der Waals surface area (Å²) >= 11 is 0. The maximum absolute atomic E-state index is 5.15. The summed E-state index contributed by atoms with van der Waals surface area (Å²) in [7, 11) is 0. The van der Waals surface area contributed by atoms with Gasteiger partial charge in [0.2, 0.25) is 0 Å². The fourth-order valence-corrected chi connectivity index (χ4v) is 0.888. The van der Waals surface area contributed by atoms with Crippen molar-refractivity contribution in [3.63, 3.8) is 0 Å². The van der Waals surface area contributed by atoms with Gasteiger partial charge in [-0.3, -0.25) is 4.99 Å². The molecule has 0 bridgehead atoms. The highest BCUT2D eigenvalue weighted by Gasteiger charge is 1.91. The van der Waals surface area contributed by atoms with E-state index >= 15 is 0 Å². The molecule has 0 amide bonds. The standard InChI is InChI=1S/C11H12N2/c1-10(13-9-5-8-12)11-6-3-2-4-7-11/h2-9H,1,12H2/b8-5-,13-9-. The first-order valence-corrected chi connectivity index (χ1v) is 4.00. The minimum Gasteiger partial charge on any atom is -0.405 e. The summed E-state index contributed by atoms with van der Waals surface area (Å²) in [6.45, 7) is 3.82. The molecule has 66 valence electrons. The van der Waals surface area contributed by atoms with E-state index in [1.807, 2.05) is 30.3 Å². The first-order valence-electron chi connectivity index (χ1n) is 4.00. The van der Waals surface area contributed by atoms with Gasteiger partial charge < -0.3 is 5.73 Å². The van der Waals surface area contributed by atoms with Crippen molar-refractivity contribution in [2.75, 3.05) is 0 Å². The Labute approximate surface area is 78.1 Å². The molecule has 0 atom stereocenters. The number of nitrogens with zero attached hydrogens (tertiary/aromatic N) is 1. The Balaban J connectivity index is 2.70. The fraction of sp³-hybridized carbons (Fsp3) is 0. The van der Waals surface area contributed by atoms with Gasteiger partial charge in [0.25, 0.3) is 0 Å². The molecule has 0 unspecified atom stereocenters. The Morgan fingerprint density at radius 1 is 1.31 bits per heavy atom. The van der Waals surface area contributed by atoms with Crippen LogP contribution in [0, 0.1) is 0 Å². The molecule has 1 aromatic rings. The first-order chi connectivity index (χ1) is 6.34. The number of nitrogens with two attached hydrogens (primary N) is 1. The lowest BCUT2D eigenvalue weighted by molar-refractivity contribution is 1.53. The molecular formula is C11H12N2. The third kappa shape index (κ3) is 2.95. The lowest BCUT2D eigenvalue weighted by atomic mass is 10.2. The van der Waals surface area contributed by atoms with Crippen LogP contribution >= 0.6 is 0 Å². The van der Waals surface area contributed by atoms with Crippen molar-refractivity contribution >= 4 is 11.9 Å². The Morgan fingerprint density at radius 2 is 2.00 bits per heavy atom. The molecule has 13 heavy (non-hydrogen) atoms. The lowest BCUT2D eigenvalue weighted by Gasteiger charge is -1.96. The van der Waals surface area contributed by atoms with E-state index in [1.54, 1.807) is 12.3 Å². The second-order valence-electron chi connectivity index (χ2n) is 2.48. The second-order valence-corrected chi connectivity index (χ2v) is 2.48. The normalized spacial score (nSPS) is 11.1. The first kappa shape index (κ1) is 9.26. The smallest absolute Gasteiger partial charge is 0.0630 e. The predicted molar refractivity (Wildman–Crippen MR) is 57.3 cm³/mol. The molecule has 0 heterocycles. The quantitative estimate of drug-likeness (QED) is 0.697. The number of hydrogen-bond acceptors (Lipinski definition) is 2. The van der Waals surface area contributed by atoms with Gasteiger partial charge in [-0.25, -0.2) is 0 Å². The molecule has 0 aliphatic heterocycles. The summed E-state index contributed by atoms with van der Waals surface area (Å²) in [6.07, 6.45) is 4.71. The molecule has 1 aromatic carbocycles. The molecule has 2 nitrogen and oxygen atoms in total. The Bertz CT molecular complexity index is 323. The zero-order chi connectivity index (χ0) is 9.52. The molecule has 0 fully saturated rings. The molecular weight excluding hydrogens is 160 g/mol. The summed E-state index contributed by atoms with van der Waals surface area (Å²) in [4.78, 5) is 4.10. The average molecular weight is 172 g/mol. The number of hydrogen-bond donors (Lipinski definition) is 1. The lowest BCUT2D eigenvalue weighted by Crippen LogP contribution is -1.79. The molecule has 0 saturated carbocycles. The van der Waals surface area contributed by atoms with Crippen LogP contribution in [0.25, 0.3) is 5.70 Å². The largest absolute Gasteiger partial charge is 0.405 e. The van der Waals surface area contributed by atoms with Gasteiger partial charge in [0, 0.05) is 6.21 Å². The fourth-order valence-electron chi connectivity index (χ4n) is 0.888. The summed E-state index contributed by atoms with van der Waals surface area (Å²) in [5, 5.41) is 0. The number of aliphatic imine (C=N–C) groups is 1. The minimum absolute atomic E-state index is 0.735. The van der Waals surface area contributed by atoms with Gasteiger partial charge in [-0.2, -0.15) is 0 Å². The van der Waals surface area contributed by atoms with Gasteiger partial charge in [-0.15, -0.1) is 0 Å². The summed E-state index contributed by atoms with van der Waals surface area (Å²) in [6, 6.07) is 9.79. The van der Waals surface area contributed by atoms with Crippen molar-refractivity contribution in [2.24, 2.45) is 10.7 Å². The van der Waals surface area contributed by atoms with Crippen LogP contribution in [0.3, 0.4) is 0 Å². The van der Waals surface area contributed by atoms with Crippen LogP contribution in [0.5, 0.6) is 0 Å². The molecule has 0 aromatic heterocycles. The van der Waals surface area contributed by atoms with E-state index < -0.39 is 0 Å². The zero-order valence-electron chi connectivity index (χ0n) is 7.35. The topological polar surface area (TPSA) is 38.4 Å². The van der Waals surface area contributed by atoms with Crippen molar-refractivity contribution in [3.8, 4) is 0 Å². The maximum Gasteiger partial charge on any atom is 0.0630 e. The van der Waals surface area contributed by atoms with E-state index in [4.69, 9.17) is 5.73 Å². The molecule has 0 spiro atoms. The van der Waals surface area contributed by atoms with Crippen LogP contribution < -0.4 is 5.73 Å². The maximum atomic E-state index is 5.15. The van der Waals surface area contributed by atoms with Crippen molar-refractivity contribution in [1.82, 2.24) is 0 Å². The van der Waals surface area contributed by atoms with Gasteiger partial charge in [-0.1, -0.05) is 36.9 Å². The number of benzene rings is 1. The van der Waals surface area contributed by atoms with E-state index in [0.717, 1.165) is 11.3 Å². The number of rotatable bonds is 3. The van der Waals surface area contributed by atoms with Crippen LogP contribution in [0.2, 0.25) is 0 Å². The highest BCUT2D eigenvalue weighted by atomic mass is 14.7. The summed E-state index contributed by atoms with van der Waals surface area (Å²) < 4.78 is 0. The van der Waals surface area contributed by atoms with Crippen molar-refractivity contribution < 1.29 is 0 Å². The molecule has 0 aliphatic rings. The van der Waals surface area contributed by atoms with E-state index in [0.29, 0.717) is 0 Å². The summed E-state index contributed by atoms with van der Waals surface area (Å²) in [5.74, 6) is 0. The summed E-state index contributed by atoms with van der Waals surface area (Å²) in [5.41, 5.74) is 6.90. The van der Waals surface area contributed by atoms with E-state index in [1.165, 1.54) is 6.20 Å². The van der Waals surface area contributed by atoms with Gasteiger partial charge in [0.15, 0.2) is 0 Å². The van der Waals surface area contributed by atoms with E-state index in [2.05, 4.69) is 11.6 Å². The van der Waals surface area contributed by atoms with Crippen LogP contribution in [0.15, 0.2) is 54.2 Å². The molecule has 0 saturated heterocycles. The van der Waals surface area contributed by atoms with Gasteiger partial charge in [0.1, 0.15) is 0 Å². The van der Waals surface area contributed by atoms with Gasteiger partial charge in [0.05, 0.1) is 5.70 Å². The molecule has 2 N–H and O–H groups in total. The molecule has 0 aliphatic carbocycles. The second kappa shape index (κ2) is 4.93. The minimum atomic E-state index is 0.735. The highest BCUT2D eigenvalue weighted by Crippen LogP contribution is 2.11. The van der Waals surface area contributed by atoms with Crippen molar-refractivity contribution in [3.05, 3.63) is 54.8 Å². The average Bonchev–Trinajstić information content (AvgIpc) is 2.19. The van der Waals surface area contributed by atoms with Crippen LogP contribution in [0.1, 0.15) is 5.56 Å². The third-order valence-electron chi connectivity index (χ3n) is 1.53. The van der Waals surface area contributed by atoms with E-state index in [-0.39, 0.29) is 0 Å². The third-order valence-corrected chi connectivity index (χ3v) is 1.53. The van der Waals surface area contributed by atoms with Crippen LogP contribution in [0.4, 0.5) is 0 Å². The Hall–Kier alpha value is -1.83. The highest BCUT2D eigenvalue weighted by molar-refractivity contribution is 5.79. The Kier molecular flexibility index (Phi) is 3.51. The monoisotopic (exact) mass is 172 g/mol. The SMILES string of the molecule is C=C(/N=C\C=C/N)c1ccccc1. The van der Waals surface area contributed by atoms with Crippen molar-refractivity contribution in [2.45, 2.75) is 0 Å². The van der Waals surface area contributed by atoms with Crippen molar-refractivity contribution in [1.29, 1.82) is 0 Å². The Morgan fingerprint density at radius 3 is 2.62 bits per heavy atom. The predicted octanol–water partition coefficient (Wildman–Crippen LogP) is 2.20. The van der Waals surface area contributed by atoms with Gasteiger partial charge in [-0.05, 0) is 17.8 Å². The molecule has 0 radical (unpaired) electrons. The molecule has 1 rings (SSSR count).